The minimum atomic E-state index is -1.04. The van der Waals surface area contributed by atoms with Gasteiger partial charge in [-0.05, 0) is 0 Å². The van der Waals surface area contributed by atoms with Gasteiger partial charge in [-0.1, -0.05) is 0 Å². The van der Waals surface area contributed by atoms with E-state index in [0.717, 1.165) is 5.56 Å². The van der Waals surface area contributed by atoms with Gasteiger partial charge in [0.25, 0.3) is 0 Å². The molecular weight excluding hydrogens is 794 g/mol. The molecule has 0 spiro atoms. The molecule has 0 heterocycles. The third-order valence-electron chi connectivity index (χ3n) is 6.54. The molecule has 0 aliphatic heterocycles. The summed E-state index contributed by atoms with van der Waals surface area (Å²) in [4.78, 5) is 24.1. The number of carboxylic acids is 1. The molecule has 0 unspecified atom stereocenters. The predicted octanol–water partition coefficient (Wildman–Crippen LogP) is 3.85. The Morgan fingerprint density at radius 3 is 1.33 bits per heavy atom. The number of ether oxygens (including phenoxy) is 9. The van der Waals surface area contributed by atoms with E-state index in [1.165, 1.54) is 37.4 Å². The van der Waals surface area contributed by atoms with Gasteiger partial charge in [-0.25, -0.2) is 0 Å². The summed E-state index contributed by atoms with van der Waals surface area (Å²) >= 11 is 0.228. The van der Waals surface area contributed by atoms with E-state index < -0.39 is 11.9 Å². The number of rotatable bonds is 20. The van der Waals surface area contributed by atoms with Crippen LogP contribution in [0.1, 0.15) is 31.8 Å². The SMILES string of the molecule is COCOc1cc(C[Se]c2ccccc2)c(C(=O)O)c(OCOC)c1.COCOc1cc(C[Se]c2ccccc2)c(C(=O)OC)c(OCOC)c1. The zero-order chi connectivity index (χ0) is 36.8. The summed E-state index contributed by atoms with van der Waals surface area (Å²) in [6.07, 6.45) is 0. The maximum atomic E-state index is 12.4. The molecule has 0 saturated carbocycles. The number of benzene rings is 4. The molecule has 14 heteroatoms. The van der Waals surface area contributed by atoms with Crippen molar-refractivity contribution in [2.75, 3.05) is 62.7 Å². The second-order valence-corrected chi connectivity index (χ2v) is 14.5. The normalized spacial score (nSPS) is 10.5. The topological polar surface area (TPSA) is 137 Å². The predicted molar refractivity (Wildman–Crippen MR) is 192 cm³/mol. The standard InChI is InChI=1S/C19H22O6Se.C18H20O6Se/c1-21-12-24-15-9-14(11-26-16-7-5-4-6-8-16)18(19(20)23-3)17(10-15)25-13-22-2;1-21-11-23-14-8-13(10-25-15-6-4-3-5-7-15)17(18(19)20)16(9-14)24-12-22-2/h4-10H,11-13H2,1-3H3;3-9H,10-12H2,1-2H3,(H,19,20). The fourth-order valence-electron chi connectivity index (χ4n) is 4.34. The first kappa shape index (κ1) is 41.3. The zero-order valence-corrected chi connectivity index (χ0v) is 32.5. The van der Waals surface area contributed by atoms with E-state index >= 15 is 0 Å². The Hall–Kier alpha value is -4.10. The van der Waals surface area contributed by atoms with E-state index in [1.54, 1.807) is 25.3 Å². The molecule has 0 bridgehead atoms. The van der Waals surface area contributed by atoms with Crippen LogP contribution in [0.15, 0.2) is 84.9 Å². The number of esters is 1. The van der Waals surface area contributed by atoms with Crippen LogP contribution in [-0.4, -0.2) is 110 Å². The summed E-state index contributed by atoms with van der Waals surface area (Å²) in [6, 6.07) is 26.9. The Balaban J connectivity index is 0.000000276. The second-order valence-electron chi connectivity index (χ2n) is 10.1. The van der Waals surface area contributed by atoms with E-state index in [0.29, 0.717) is 39.0 Å². The summed E-state index contributed by atoms with van der Waals surface area (Å²) in [5.74, 6) is 0.158. The third-order valence-corrected chi connectivity index (χ3v) is 11.0. The van der Waals surface area contributed by atoms with Gasteiger partial charge in [-0.15, -0.1) is 0 Å². The average Bonchev–Trinajstić information content (AvgIpc) is 3.16. The van der Waals surface area contributed by atoms with Crippen molar-refractivity contribution in [3.63, 3.8) is 0 Å². The van der Waals surface area contributed by atoms with Gasteiger partial charge in [0, 0.05) is 0 Å². The Labute approximate surface area is 310 Å². The Morgan fingerprint density at radius 2 is 0.941 bits per heavy atom. The van der Waals surface area contributed by atoms with Crippen LogP contribution < -0.4 is 27.9 Å². The van der Waals surface area contributed by atoms with Gasteiger partial charge in [-0.3, -0.25) is 0 Å². The molecule has 4 rings (SSSR count). The number of carboxylic acid groups (broad SMARTS) is 1. The quantitative estimate of drug-likeness (QED) is 0.0787. The van der Waals surface area contributed by atoms with Crippen molar-refractivity contribution in [2.24, 2.45) is 0 Å². The van der Waals surface area contributed by atoms with E-state index in [2.05, 4.69) is 12.1 Å². The number of carbonyl (C=O) groups excluding carboxylic acids is 1. The van der Waals surface area contributed by atoms with E-state index in [-0.39, 0.29) is 68.4 Å². The number of methoxy groups -OCH3 is 5. The van der Waals surface area contributed by atoms with E-state index in [1.807, 2.05) is 54.6 Å². The van der Waals surface area contributed by atoms with Crippen LogP contribution in [0.2, 0.25) is 0 Å². The van der Waals surface area contributed by atoms with Gasteiger partial charge in [0.15, 0.2) is 0 Å². The van der Waals surface area contributed by atoms with Crippen LogP contribution in [0.4, 0.5) is 0 Å². The van der Waals surface area contributed by atoms with E-state index in [9.17, 15) is 14.7 Å². The van der Waals surface area contributed by atoms with Crippen molar-refractivity contribution in [1.82, 2.24) is 0 Å². The number of hydrogen-bond donors (Lipinski definition) is 1. The van der Waals surface area contributed by atoms with Crippen LogP contribution >= 0.6 is 0 Å². The van der Waals surface area contributed by atoms with Gasteiger partial charge < -0.3 is 0 Å². The van der Waals surface area contributed by atoms with Crippen LogP contribution in [0.5, 0.6) is 23.0 Å². The molecular formula is C37H42O12Se2. The molecule has 0 saturated heterocycles. The van der Waals surface area contributed by atoms with Crippen LogP contribution in [0, 0.1) is 0 Å². The Kier molecular flexibility index (Phi) is 18.9. The molecule has 51 heavy (non-hydrogen) atoms. The third kappa shape index (κ3) is 13.9. The number of hydrogen-bond acceptors (Lipinski definition) is 11. The fourth-order valence-corrected chi connectivity index (χ4v) is 8.12. The molecule has 0 fully saturated rings. The molecule has 0 amide bonds. The monoisotopic (exact) mass is 838 g/mol. The first-order valence-electron chi connectivity index (χ1n) is 15.3. The molecule has 4 aromatic carbocycles. The summed E-state index contributed by atoms with van der Waals surface area (Å²) < 4.78 is 49.2. The van der Waals surface area contributed by atoms with Crippen molar-refractivity contribution in [1.29, 1.82) is 0 Å². The molecule has 1 N–H and O–H groups in total. The Morgan fingerprint density at radius 1 is 0.549 bits per heavy atom. The van der Waals surface area contributed by atoms with Crippen molar-refractivity contribution < 1.29 is 57.3 Å². The van der Waals surface area contributed by atoms with Crippen LogP contribution in [-0.2, 0) is 34.3 Å². The summed E-state index contributed by atoms with van der Waals surface area (Å²) in [6.45, 7) is 0.141. The summed E-state index contributed by atoms with van der Waals surface area (Å²) in [5, 5.41) is 10.9. The first-order chi connectivity index (χ1) is 24.8. The van der Waals surface area contributed by atoms with E-state index in [4.69, 9.17) is 42.6 Å². The van der Waals surface area contributed by atoms with Crippen LogP contribution in [0.3, 0.4) is 0 Å². The molecule has 0 aliphatic rings. The molecule has 12 nitrogen and oxygen atoms in total. The van der Waals surface area contributed by atoms with Gasteiger partial charge in [-0.2, -0.15) is 0 Å². The van der Waals surface area contributed by atoms with Gasteiger partial charge in [0.1, 0.15) is 0 Å². The minimum absolute atomic E-state index is 0.0149. The van der Waals surface area contributed by atoms with Crippen molar-refractivity contribution >= 4 is 50.8 Å². The van der Waals surface area contributed by atoms with Crippen molar-refractivity contribution in [3.8, 4) is 23.0 Å². The maximum absolute atomic E-state index is 12.4. The second kappa shape index (κ2) is 23.4. The summed E-state index contributed by atoms with van der Waals surface area (Å²) in [5.41, 5.74) is 2.00. The molecule has 0 radical (unpaired) electrons. The Bertz CT molecular complexity index is 1640. The van der Waals surface area contributed by atoms with Gasteiger partial charge in [0.05, 0.1) is 0 Å². The molecule has 274 valence electrons. The number of carbonyl (C=O) groups is 2. The zero-order valence-electron chi connectivity index (χ0n) is 29.1. The van der Waals surface area contributed by atoms with Gasteiger partial charge in [0.2, 0.25) is 0 Å². The molecule has 4 aromatic rings. The number of aromatic carboxylic acids is 1. The fraction of sp³-hybridized carbons (Fsp3) is 0.297. The summed E-state index contributed by atoms with van der Waals surface area (Å²) in [7, 11) is 7.41. The molecule has 0 aliphatic carbocycles. The van der Waals surface area contributed by atoms with Gasteiger partial charge >= 0.3 is 312 Å². The first-order valence-corrected chi connectivity index (χ1v) is 19.5. The van der Waals surface area contributed by atoms with Crippen molar-refractivity contribution in [2.45, 2.75) is 10.6 Å². The van der Waals surface area contributed by atoms with Crippen molar-refractivity contribution in [3.05, 3.63) is 107 Å². The molecule has 0 atom stereocenters. The van der Waals surface area contributed by atoms with Crippen LogP contribution in [0.25, 0.3) is 0 Å². The molecule has 0 aromatic heterocycles. The average molecular weight is 837 g/mol.